The highest BCUT2D eigenvalue weighted by Crippen LogP contribution is 2.41. The topological polar surface area (TPSA) is 37.4 Å². The van der Waals surface area contributed by atoms with Crippen LogP contribution in [-0.4, -0.2) is 23.4 Å². The highest BCUT2D eigenvalue weighted by atomic mass is 19.3. The summed E-state index contributed by atoms with van der Waals surface area (Å²) in [6.07, 6.45) is 3.65. The number of alkyl halides is 2. The normalized spacial score (nSPS) is 17.6. The predicted molar refractivity (Wildman–Crippen MR) is 63.0 cm³/mol. The molecule has 19 heavy (non-hydrogen) atoms. The number of rotatable bonds is 6. The van der Waals surface area contributed by atoms with Crippen LogP contribution in [0.15, 0.2) is 18.3 Å². The fourth-order valence-electron chi connectivity index (χ4n) is 1.93. The van der Waals surface area contributed by atoms with Crippen molar-refractivity contribution >= 4 is 0 Å². The molecule has 1 heterocycles. The average molecular weight is 275 g/mol. The van der Waals surface area contributed by atoms with Crippen LogP contribution in [0.2, 0.25) is 0 Å². The first kappa shape index (κ1) is 14.1. The highest BCUT2D eigenvalue weighted by Gasteiger charge is 2.35. The average Bonchev–Trinajstić information content (AvgIpc) is 3.14. The molecular formula is C12H16F3N3O. The van der Waals surface area contributed by atoms with Gasteiger partial charge in [-0.15, -0.1) is 0 Å². The summed E-state index contributed by atoms with van der Waals surface area (Å²) in [5, 5.41) is 2.16. The summed E-state index contributed by atoms with van der Waals surface area (Å²) in [7, 11) is 1.82. The first-order valence-corrected chi connectivity index (χ1v) is 6.07. The molecular weight excluding hydrogens is 259 g/mol. The maximum atomic E-state index is 13.0. The molecule has 1 aromatic heterocycles. The molecule has 0 aromatic carbocycles. The van der Waals surface area contributed by atoms with E-state index in [0.717, 1.165) is 18.4 Å². The van der Waals surface area contributed by atoms with Crippen LogP contribution in [0.4, 0.5) is 13.3 Å². The Morgan fingerprint density at radius 3 is 2.74 bits per heavy atom. The van der Waals surface area contributed by atoms with E-state index >= 15 is 0 Å². The van der Waals surface area contributed by atoms with Gasteiger partial charge in [-0.1, -0.05) is 4.48 Å². The Morgan fingerprint density at radius 1 is 1.53 bits per heavy atom. The lowest BCUT2D eigenvalue weighted by Crippen LogP contribution is -2.35. The molecule has 7 heteroatoms. The zero-order valence-electron chi connectivity index (χ0n) is 10.7. The minimum atomic E-state index is -3.71. The third-order valence-corrected chi connectivity index (χ3v) is 3.00. The standard InChI is InChI=1S/C12H16F3N3O/c1-12(13,14)18(15)19-10-7-9(5-6-17-10)11(16-2)8-3-4-8/h5-8,11,16H,3-4H2,1-2H3. The molecule has 1 aromatic rings. The number of halogens is 3. The van der Waals surface area contributed by atoms with Crippen molar-refractivity contribution in [2.24, 2.45) is 5.92 Å². The van der Waals surface area contributed by atoms with Crippen molar-refractivity contribution in [2.75, 3.05) is 7.05 Å². The molecule has 0 amide bonds. The Morgan fingerprint density at radius 2 is 2.21 bits per heavy atom. The lowest BCUT2D eigenvalue weighted by molar-refractivity contribution is -0.356. The van der Waals surface area contributed by atoms with Gasteiger partial charge in [0.1, 0.15) is 0 Å². The van der Waals surface area contributed by atoms with Crippen molar-refractivity contribution < 1.29 is 18.1 Å². The third kappa shape index (κ3) is 3.57. The van der Waals surface area contributed by atoms with E-state index in [0.29, 0.717) is 12.8 Å². The van der Waals surface area contributed by atoms with Crippen molar-refractivity contribution in [3.63, 3.8) is 0 Å². The molecule has 0 saturated heterocycles. The van der Waals surface area contributed by atoms with Crippen LogP contribution in [0.1, 0.15) is 31.4 Å². The van der Waals surface area contributed by atoms with Crippen molar-refractivity contribution in [1.82, 2.24) is 15.6 Å². The van der Waals surface area contributed by atoms with Crippen LogP contribution < -0.4 is 10.2 Å². The van der Waals surface area contributed by atoms with E-state index in [4.69, 9.17) is 0 Å². The quantitative estimate of drug-likeness (QED) is 0.492. The van der Waals surface area contributed by atoms with Crippen molar-refractivity contribution in [2.45, 2.75) is 31.9 Å². The van der Waals surface area contributed by atoms with Gasteiger partial charge in [-0.3, -0.25) is 0 Å². The molecule has 1 fully saturated rings. The van der Waals surface area contributed by atoms with E-state index in [1.165, 1.54) is 12.3 Å². The van der Waals surface area contributed by atoms with Gasteiger partial charge < -0.3 is 10.2 Å². The van der Waals surface area contributed by atoms with E-state index < -0.39 is 11.3 Å². The Bertz CT molecular complexity index is 434. The van der Waals surface area contributed by atoms with E-state index in [1.54, 1.807) is 6.07 Å². The summed E-state index contributed by atoms with van der Waals surface area (Å²) >= 11 is 0. The van der Waals surface area contributed by atoms with Crippen LogP contribution in [0.5, 0.6) is 5.88 Å². The fraction of sp³-hybridized carbons (Fsp3) is 0.583. The maximum Gasteiger partial charge on any atom is 0.360 e. The number of aromatic nitrogens is 1. The fourth-order valence-corrected chi connectivity index (χ4v) is 1.93. The Labute approximate surface area is 109 Å². The minimum Gasteiger partial charge on any atom is -0.350 e. The number of pyridine rings is 1. The maximum absolute atomic E-state index is 13.0. The molecule has 0 radical (unpaired) electrons. The lowest BCUT2D eigenvalue weighted by atomic mass is 10.0. The summed E-state index contributed by atoms with van der Waals surface area (Å²) in [4.78, 5) is 8.12. The molecule has 1 aliphatic rings. The molecule has 1 N–H and O–H groups in total. The number of hydrogen-bond donors (Lipinski definition) is 1. The Hall–Kier alpha value is -1.34. The van der Waals surface area contributed by atoms with Gasteiger partial charge in [0.25, 0.3) is 0 Å². The van der Waals surface area contributed by atoms with Crippen LogP contribution in [0, 0.1) is 5.92 Å². The molecule has 1 saturated carbocycles. The van der Waals surface area contributed by atoms with Gasteiger partial charge in [0.05, 0.1) is 5.29 Å². The number of nitrogens with one attached hydrogen (secondary N) is 1. The SMILES string of the molecule is CNC(c1ccnc(ON(F)C(C)(F)F)c1)C1CC1. The molecule has 106 valence electrons. The summed E-state index contributed by atoms with van der Waals surface area (Å²) in [6, 6.07) is -0.367. The second-order valence-corrected chi connectivity index (χ2v) is 4.71. The van der Waals surface area contributed by atoms with Gasteiger partial charge in [-0.05, 0) is 37.4 Å². The molecule has 2 rings (SSSR count). The van der Waals surface area contributed by atoms with Crippen molar-refractivity contribution in [3.8, 4) is 5.88 Å². The van der Waals surface area contributed by atoms with Gasteiger partial charge in [-0.25, -0.2) is 4.98 Å². The molecule has 0 aliphatic heterocycles. The zero-order chi connectivity index (χ0) is 14.0. The molecule has 4 nitrogen and oxygen atoms in total. The summed E-state index contributed by atoms with van der Waals surface area (Å²) in [5.41, 5.74) is 0.850. The van der Waals surface area contributed by atoms with Crippen LogP contribution in [-0.2, 0) is 0 Å². The highest BCUT2D eigenvalue weighted by molar-refractivity contribution is 5.25. The molecule has 0 spiro atoms. The molecule has 1 atom stereocenters. The summed E-state index contributed by atoms with van der Waals surface area (Å²) in [5.74, 6) is 0.330. The number of hydroxylamine groups is 1. The van der Waals surface area contributed by atoms with Gasteiger partial charge >= 0.3 is 6.05 Å². The predicted octanol–water partition coefficient (Wildman–Crippen LogP) is 2.85. The van der Waals surface area contributed by atoms with Gasteiger partial charge in [-0.2, -0.15) is 8.78 Å². The first-order valence-electron chi connectivity index (χ1n) is 6.07. The van der Waals surface area contributed by atoms with Crippen LogP contribution in [0.3, 0.4) is 0 Å². The van der Waals surface area contributed by atoms with Crippen LogP contribution in [0.25, 0.3) is 0 Å². The van der Waals surface area contributed by atoms with Gasteiger partial charge in [0, 0.05) is 25.2 Å². The van der Waals surface area contributed by atoms with E-state index in [9.17, 15) is 13.3 Å². The Balaban J connectivity index is 2.10. The third-order valence-electron chi connectivity index (χ3n) is 3.00. The first-order chi connectivity index (χ1) is 8.91. The molecule has 1 aliphatic carbocycles. The summed E-state index contributed by atoms with van der Waals surface area (Å²) in [6.45, 7) is 0.400. The van der Waals surface area contributed by atoms with Gasteiger partial charge in [0.15, 0.2) is 0 Å². The van der Waals surface area contributed by atoms with E-state index in [2.05, 4.69) is 15.1 Å². The van der Waals surface area contributed by atoms with Crippen LogP contribution >= 0.6 is 0 Å². The molecule has 1 unspecified atom stereocenters. The second kappa shape index (κ2) is 5.34. The van der Waals surface area contributed by atoms with E-state index in [-0.39, 0.29) is 11.9 Å². The second-order valence-electron chi connectivity index (χ2n) is 4.71. The molecule has 0 bridgehead atoms. The van der Waals surface area contributed by atoms with Crippen molar-refractivity contribution in [1.29, 1.82) is 0 Å². The van der Waals surface area contributed by atoms with E-state index in [1.807, 2.05) is 7.05 Å². The zero-order valence-corrected chi connectivity index (χ0v) is 10.7. The summed E-state index contributed by atoms with van der Waals surface area (Å²) < 4.78 is 38.3. The van der Waals surface area contributed by atoms with Gasteiger partial charge in [0.2, 0.25) is 5.88 Å². The number of hydrogen-bond acceptors (Lipinski definition) is 4. The lowest BCUT2D eigenvalue weighted by Gasteiger charge is -2.19. The number of nitrogens with zero attached hydrogens (tertiary/aromatic N) is 2. The largest absolute Gasteiger partial charge is 0.360 e. The minimum absolute atomic E-state index is 0.112. The Kier molecular flexibility index (Phi) is 3.96. The smallest absolute Gasteiger partial charge is 0.350 e. The van der Waals surface area contributed by atoms with Crippen molar-refractivity contribution in [3.05, 3.63) is 23.9 Å². The monoisotopic (exact) mass is 275 g/mol.